The third kappa shape index (κ3) is 4.53. The van der Waals surface area contributed by atoms with Crippen LogP contribution in [0.4, 0.5) is 17.7 Å². The van der Waals surface area contributed by atoms with E-state index >= 15 is 0 Å². The maximum atomic E-state index is 13.3. The molecule has 38 heavy (non-hydrogen) atoms. The molecular formula is C25H36ClN9O3. The van der Waals surface area contributed by atoms with Gasteiger partial charge >= 0.3 is 0 Å². The van der Waals surface area contributed by atoms with Crippen molar-refractivity contribution in [2.45, 2.75) is 50.2 Å². The Hall–Kier alpha value is -2.80. The molecule has 6 heterocycles. The summed E-state index contributed by atoms with van der Waals surface area (Å²) in [6.45, 7) is 9.19. The molecule has 4 N–H and O–H groups in total. The van der Waals surface area contributed by atoms with E-state index < -0.39 is 5.54 Å². The Labute approximate surface area is 228 Å². The normalized spacial score (nSPS) is 28.9. The molecule has 3 fully saturated rings. The number of anilines is 3. The second-order valence-corrected chi connectivity index (χ2v) is 11.0. The van der Waals surface area contributed by atoms with E-state index in [1.165, 1.54) is 0 Å². The van der Waals surface area contributed by atoms with Gasteiger partial charge in [0, 0.05) is 56.3 Å². The maximum absolute atomic E-state index is 13.3. The molecule has 13 heteroatoms. The molecule has 0 spiro atoms. The van der Waals surface area contributed by atoms with E-state index in [1.807, 2.05) is 4.90 Å². The molecule has 3 saturated heterocycles. The first-order valence-electron chi connectivity index (χ1n) is 13.0. The largest absolute Gasteiger partial charge is 0.379 e. The predicted octanol–water partition coefficient (Wildman–Crippen LogP) is 0.634. The number of hydrogen-bond donors (Lipinski definition) is 2. The third-order valence-corrected chi connectivity index (χ3v) is 8.25. The van der Waals surface area contributed by atoms with Crippen molar-refractivity contribution in [1.29, 1.82) is 0 Å². The Morgan fingerprint density at radius 3 is 2.61 bits per heavy atom. The van der Waals surface area contributed by atoms with E-state index in [0.717, 1.165) is 48.6 Å². The number of likely N-dealkylation sites (tertiary alicyclic amines) is 1. The first-order chi connectivity index (χ1) is 17.8. The van der Waals surface area contributed by atoms with Gasteiger partial charge in [0.05, 0.1) is 37.1 Å². The average molecular weight is 546 g/mol. The Bertz CT molecular complexity index is 1190. The van der Waals surface area contributed by atoms with Crippen molar-refractivity contribution in [3.8, 4) is 11.3 Å². The zero-order valence-electron chi connectivity index (χ0n) is 21.9. The van der Waals surface area contributed by atoms with Gasteiger partial charge in [0.2, 0.25) is 17.8 Å². The standard InChI is InChI=1S/C25H35N9O3.ClH/c1-16-13-36-10-8-33(16)23-30-19(17-11-28-22(26)29-12-17)18-3-6-34(20(18)31-23)24(2)4-7-32(14-24)21(35)25(27)5-9-37-15-25;/h11-12,16H,3-10,13-15,27H2,1-2H3,(H2,26,28,29);1H/t16-,24-,25?;/m0./s1. The summed E-state index contributed by atoms with van der Waals surface area (Å²) in [5.74, 6) is 1.80. The van der Waals surface area contributed by atoms with E-state index in [2.05, 4.69) is 33.6 Å². The summed E-state index contributed by atoms with van der Waals surface area (Å²) in [4.78, 5) is 38.4. The second-order valence-electron chi connectivity index (χ2n) is 11.0. The van der Waals surface area contributed by atoms with Crippen molar-refractivity contribution in [1.82, 2.24) is 24.8 Å². The molecule has 0 bridgehead atoms. The van der Waals surface area contributed by atoms with E-state index in [1.54, 1.807) is 12.4 Å². The molecule has 12 nitrogen and oxygen atoms in total. The van der Waals surface area contributed by atoms with Crippen molar-refractivity contribution < 1.29 is 14.3 Å². The van der Waals surface area contributed by atoms with Gasteiger partial charge in [-0.3, -0.25) is 4.79 Å². The first-order valence-corrected chi connectivity index (χ1v) is 13.0. The third-order valence-electron chi connectivity index (χ3n) is 8.25. The number of hydrogen-bond acceptors (Lipinski definition) is 11. The van der Waals surface area contributed by atoms with Crippen molar-refractivity contribution in [2.75, 3.05) is 68.1 Å². The Balaban J connectivity index is 0.00000294. The Morgan fingerprint density at radius 1 is 1.11 bits per heavy atom. The van der Waals surface area contributed by atoms with Gasteiger partial charge in [-0.2, -0.15) is 4.98 Å². The quantitative estimate of drug-likeness (QED) is 0.557. The lowest BCUT2D eigenvalue weighted by molar-refractivity contribution is -0.136. The van der Waals surface area contributed by atoms with Crippen LogP contribution in [0.3, 0.4) is 0 Å². The van der Waals surface area contributed by atoms with Crippen LogP contribution in [0.2, 0.25) is 0 Å². The van der Waals surface area contributed by atoms with Crippen LogP contribution in [0.15, 0.2) is 12.4 Å². The highest BCUT2D eigenvalue weighted by Gasteiger charge is 2.49. The van der Waals surface area contributed by atoms with Gasteiger partial charge in [0.25, 0.3) is 0 Å². The van der Waals surface area contributed by atoms with Crippen LogP contribution in [-0.4, -0.2) is 100 Å². The lowest BCUT2D eigenvalue weighted by Gasteiger charge is -2.38. The number of morpholine rings is 1. The lowest BCUT2D eigenvalue weighted by atomic mass is 9.97. The minimum Gasteiger partial charge on any atom is -0.379 e. The summed E-state index contributed by atoms with van der Waals surface area (Å²) < 4.78 is 11.1. The summed E-state index contributed by atoms with van der Waals surface area (Å²) in [7, 11) is 0. The molecule has 4 aliphatic rings. The summed E-state index contributed by atoms with van der Waals surface area (Å²) in [5.41, 5.74) is 13.7. The van der Waals surface area contributed by atoms with E-state index in [0.29, 0.717) is 45.3 Å². The fraction of sp³-hybridized carbons (Fsp3) is 0.640. The van der Waals surface area contributed by atoms with Crippen LogP contribution < -0.4 is 21.3 Å². The molecule has 0 aliphatic carbocycles. The van der Waals surface area contributed by atoms with Crippen LogP contribution in [0.1, 0.15) is 32.3 Å². The lowest BCUT2D eigenvalue weighted by Crippen LogP contribution is -2.57. The molecule has 206 valence electrons. The molecule has 1 amide bonds. The number of nitrogen functional groups attached to an aromatic ring is 1. The van der Waals surface area contributed by atoms with Crippen molar-refractivity contribution >= 4 is 36.0 Å². The highest BCUT2D eigenvalue weighted by Crippen LogP contribution is 2.42. The van der Waals surface area contributed by atoms with Crippen molar-refractivity contribution in [3.05, 3.63) is 18.0 Å². The molecule has 0 saturated carbocycles. The zero-order valence-corrected chi connectivity index (χ0v) is 22.7. The number of carbonyl (C=O) groups excluding carboxylic acids is 1. The highest BCUT2D eigenvalue weighted by molar-refractivity contribution is 5.87. The molecule has 2 aromatic rings. The molecule has 0 radical (unpaired) electrons. The Kier molecular flexibility index (Phi) is 7.10. The number of nitrogens with zero attached hydrogens (tertiary/aromatic N) is 7. The van der Waals surface area contributed by atoms with Crippen LogP contribution in [0.25, 0.3) is 11.3 Å². The van der Waals surface area contributed by atoms with E-state index in [-0.39, 0.29) is 42.5 Å². The molecule has 3 atom stereocenters. The summed E-state index contributed by atoms with van der Waals surface area (Å²) >= 11 is 0. The van der Waals surface area contributed by atoms with Gasteiger partial charge in [0.1, 0.15) is 11.4 Å². The second kappa shape index (κ2) is 10.1. The van der Waals surface area contributed by atoms with Gasteiger partial charge in [-0.05, 0) is 33.1 Å². The topological polar surface area (TPSA) is 149 Å². The Morgan fingerprint density at radius 2 is 1.89 bits per heavy atom. The highest BCUT2D eigenvalue weighted by atomic mass is 35.5. The van der Waals surface area contributed by atoms with Gasteiger partial charge < -0.3 is 35.6 Å². The molecule has 4 aliphatic heterocycles. The fourth-order valence-electron chi connectivity index (χ4n) is 6.02. The number of aromatic nitrogens is 4. The summed E-state index contributed by atoms with van der Waals surface area (Å²) in [6.07, 6.45) is 5.65. The number of fused-ring (bicyclic) bond motifs is 1. The van der Waals surface area contributed by atoms with E-state index in [4.69, 9.17) is 30.9 Å². The number of ether oxygens (including phenoxy) is 2. The van der Waals surface area contributed by atoms with E-state index in [9.17, 15) is 4.79 Å². The molecular weight excluding hydrogens is 510 g/mol. The number of amides is 1. The van der Waals surface area contributed by atoms with Crippen molar-refractivity contribution in [3.63, 3.8) is 0 Å². The summed E-state index contributed by atoms with van der Waals surface area (Å²) in [5, 5.41) is 0. The van der Waals surface area contributed by atoms with Gasteiger partial charge in [0.15, 0.2) is 0 Å². The SMILES string of the molecule is C[C@H]1COCCN1c1nc(-c2cnc(N)nc2)c2c(n1)N([C@@]1(C)CCN(C(=O)C3(N)CCOC3)C1)CC2.Cl. The van der Waals surface area contributed by atoms with Crippen LogP contribution in [0, 0.1) is 0 Å². The minimum absolute atomic E-state index is 0. The molecule has 6 rings (SSSR count). The van der Waals surface area contributed by atoms with Gasteiger partial charge in [-0.25, -0.2) is 15.0 Å². The number of carbonyl (C=O) groups is 1. The number of nitrogens with two attached hydrogens (primary N) is 2. The predicted molar refractivity (Wildman–Crippen MR) is 145 cm³/mol. The van der Waals surface area contributed by atoms with Crippen LogP contribution in [0.5, 0.6) is 0 Å². The van der Waals surface area contributed by atoms with Crippen LogP contribution in [-0.2, 0) is 20.7 Å². The molecule has 0 aromatic carbocycles. The first kappa shape index (κ1) is 26.8. The minimum atomic E-state index is -0.918. The smallest absolute Gasteiger partial charge is 0.245 e. The van der Waals surface area contributed by atoms with Gasteiger partial charge in [-0.15, -0.1) is 12.4 Å². The molecule has 2 aromatic heterocycles. The maximum Gasteiger partial charge on any atom is 0.245 e. The van der Waals surface area contributed by atoms with Gasteiger partial charge in [-0.1, -0.05) is 0 Å². The van der Waals surface area contributed by atoms with Crippen molar-refractivity contribution in [2.24, 2.45) is 5.73 Å². The summed E-state index contributed by atoms with van der Waals surface area (Å²) in [6, 6.07) is 0.154. The fourth-order valence-corrected chi connectivity index (χ4v) is 6.02. The average Bonchev–Trinajstić information content (AvgIpc) is 3.63. The molecule has 1 unspecified atom stereocenters. The van der Waals surface area contributed by atoms with Crippen LogP contribution >= 0.6 is 12.4 Å². The monoisotopic (exact) mass is 545 g/mol. The number of rotatable bonds is 4. The zero-order chi connectivity index (χ0) is 25.8. The number of halogens is 1.